The van der Waals surface area contributed by atoms with Crippen LogP contribution in [-0.2, 0) is 13.0 Å². The molecule has 34 heavy (non-hydrogen) atoms. The van der Waals surface area contributed by atoms with Gasteiger partial charge in [-0.1, -0.05) is 24.1 Å². The van der Waals surface area contributed by atoms with E-state index in [1.807, 2.05) is 6.92 Å². The highest BCUT2D eigenvalue weighted by Crippen LogP contribution is 2.27. The van der Waals surface area contributed by atoms with Crippen LogP contribution in [-0.4, -0.2) is 57.8 Å². The van der Waals surface area contributed by atoms with E-state index in [1.165, 1.54) is 12.1 Å². The predicted octanol–water partition coefficient (Wildman–Crippen LogP) is 3.40. The molecule has 4 N–H and O–H groups in total. The molecule has 0 unspecified atom stereocenters. The highest BCUT2D eigenvalue weighted by Gasteiger charge is 2.27. The maximum Gasteiger partial charge on any atom is 0.318 e. The van der Waals surface area contributed by atoms with E-state index < -0.39 is 5.82 Å². The molecule has 4 rings (SSSR count). The third-order valence-corrected chi connectivity index (χ3v) is 6.77. The number of carbonyl (C=O) groups excluding carboxylic acids is 1. The van der Waals surface area contributed by atoms with Gasteiger partial charge in [0.15, 0.2) is 0 Å². The van der Waals surface area contributed by atoms with Crippen LogP contribution in [0.4, 0.5) is 15.1 Å². The van der Waals surface area contributed by atoms with Crippen LogP contribution in [0, 0.1) is 5.82 Å². The van der Waals surface area contributed by atoms with Crippen LogP contribution in [0.3, 0.4) is 0 Å². The van der Waals surface area contributed by atoms with Crippen LogP contribution in [0.2, 0.25) is 5.02 Å². The van der Waals surface area contributed by atoms with E-state index in [1.54, 1.807) is 17.2 Å². The third-order valence-electron chi connectivity index (χ3n) is 6.46. The lowest BCUT2D eigenvalue weighted by molar-refractivity contribution is 0.185. The van der Waals surface area contributed by atoms with Crippen LogP contribution in [0.5, 0.6) is 0 Å². The molecule has 3 atom stereocenters. The van der Waals surface area contributed by atoms with E-state index in [-0.39, 0.29) is 35.8 Å². The second-order valence-corrected chi connectivity index (χ2v) is 9.53. The Morgan fingerprint density at radius 1 is 1.41 bits per heavy atom. The number of fused-ring (bicyclic) bond motifs is 1. The SMILES string of the molecule is C[C@@H](CO)Nc1ncc2c(n1)CN(C(=O)N[C@H](C[C@H]1CCCCN1)c1ccc(Cl)c(F)c1)CC2. The van der Waals surface area contributed by atoms with Gasteiger partial charge < -0.3 is 26.0 Å². The van der Waals surface area contributed by atoms with Crippen molar-refractivity contribution in [2.24, 2.45) is 0 Å². The Balaban J connectivity index is 1.47. The zero-order chi connectivity index (χ0) is 24.1. The summed E-state index contributed by atoms with van der Waals surface area (Å²) in [4.78, 5) is 23.9. The van der Waals surface area contributed by atoms with Gasteiger partial charge in [-0.25, -0.2) is 19.2 Å². The maximum absolute atomic E-state index is 14.2. The third kappa shape index (κ3) is 6.14. The number of piperidine rings is 1. The number of hydrogen-bond donors (Lipinski definition) is 4. The van der Waals surface area contributed by atoms with E-state index in [2.05, 4.69) is 25.9 Å². The molecule has 1 aromatic carbocycles. The van der Waals surface area contributed by atoms with Gasteiger partial charge in [-0.3, -0.25) is 0 Å². The van der Waals surface area contributed by atoms with Gasteiger partial charge in [0.1, 0.15) is 5.82 Å². The normalized spacial score (nSPS) is 19.8. The lowest BCUT2D eigenvalue weighted by Gasteiger charge is -2.32. The first-order chi connectivity index (χ1) is 16.4. The molecule has 10 heteroatoms. The number of urea groups is 1. The number of anilines is 1. The molecule has 0 radical (unpaired) electrons. The summed E-state index contributed by atoms with van der Waals surface area (Å²) < 4.78 is 14.2. The summed E-state index contributed by atoms with van der Waals surface area (Å²) in [5.41, 5.74) is 2.49. The van der Waals surface area contributed by atoms with Crippen molar-refractivity contribution in [1.82, 2.24) is 25.5 Å². The summed E-state index contributed by atoms with van der Waals surface area (Å²) >= 11 is 5.89. The summed E-state index contributed by atoms with van der Waals surface area (Å²) in [5, 5.41) is 19.0. The monoisotopic (exact) mass is 490 g/mol. The largest absolute Gasteiger partial charge is 0.394 e. The van der Waals surface area contributed by atoms with Crippen LogP contribution in [0.15, 0.2) is 24.4 Å². The van der Waals surface area contributed by atoms with Crippen LogP contribution >= 0.6 is 11.6 Å². The number of aliphatic hydroxyl groups excluding tert-OH is 1. The fraction of sp³-hybridized carbons (Fsp3) is 0.542. The highest BCUT2D eigenvalue weighted by atomic mass is 35.5. The van der Waals surface area contributed by atoms with Crippen molar-refractivity contribution in [3.8, 4) is 0 Å². The minimum absolute atomic E-state index is 0.0303. The molecule has 1 fully saturated rings. The molecule has 0 aliphatic carbocycles. The second kappa shape index (κ2) is 11.3. The van der Waals surface area contributed by atoms with E-state index in [0.717, 1.165) is 37.1 Å². The molecule has 2 aromatic rings. The number of nitrogens with one attached hydrogen (secondary N) is 3. The van der Waals surface area contributed by atoms with Gasteiger partial charge in [0.25, 0.3) is 0 Å². The molecule has 2 amide bonds. The lowest BCUT2D eigenvalue weighted by atomic mass is 9.94. The molecule has 184 valence electrons. The highest BCUT2D eigenvalue weighted by molar-refractivity contribution is 6.30. The Kier molecular flexibility index (Phi) is 8.18. The van der Waals surface area contributed by atoms with Gasteiger partial charge >= 0.3 is 6.03 Å². The first-order valence-corrected chi connectivity index (χ1v) is 12.3. The van der Waals surface area contributed by atoms with Gasteiger partial charge in [0.2, 0.25) is 5.95 Å². The van der Waals surface area contributed by atoms with Gasteiger partial charge in [-0.2, -0.15) is 0 Å². The number of benzene rings is 1. The summed E-state index contributed by atoms with van der Waals surface area (Å²) in [6, 6.07) is 4.26. The minimum atomic E-state index is -0.490. The second-order valence-electron chi connectivity index (χ2n) is 9.12. The molecule has 1 saturated heterocycles. The number of aromatic nitrogens is 2. The number of rotatable bonds is 7. The Morgan fingerprint density at radius 2 is 2.26 bits per heavy atom. The van der Waals surface area contributed by atoms with Gasteiger partial charge in [-0.15, -0.1) is 0 Å². The van der Waals surface area contributed by atoms with Crippen molar-refractivity contribution in [2.45, 2.75) is 63.7 Å². The zero-order valence-electron chi connectivity index (χ0n) is 19.4. The standard InChI is InChI=1S/C24H32ClFN6O2/c1-15(14-33)29-23-28-12-17-7-9-32(13-22(17)30-23)24(34)31-21(11-18-4-2-3-8-27-18)16-5-6-19(25)20(26)10-16/h5-6,10,12,15,18,21,27,33H,2-4,7-9,11,13-14H2,1H3,(H,31,34)(H,28,29,30)/t15-,18+,21+/m0/s1. The maximum atomic E-state index is 14.2. The first kappa shape index (κ1) is 24.6. The quantitative estimate of drug-likeness (QED) is 0.474. The van der Waals surface area contributed by atoms with Crippen molar-refractivity contribution in [3.05, 3.63) is 52.1 Å². The molecule has 2 aliphatic rings. The Morgan fingerprint density at radius 3 is 3.00 bits per heavy atom. The molecular weight excluding hydrogens is 459 g/mol. The molecular formula is C24H32ClFN6O2. The Bertz CT molecular complexity index is 1000. The topological polar surface area (TPSA) is 102 Å². The smallest absolute Gasteiger partial charge is 0.318 e. The van der Waals surface area contributed by atoms with Crippen molar-refractivity contribution in [3.63, 3.8) is 0 Å². The van der Waals surface area contributed by atoms with Gasteiger partial charge in [0, 0.05) is 24.8 Å². The fourth-order valence-corrected chi connectivity index (χ4v) is 4.59. The fourth-order valence-electron chi connectivity index (χ4n) is 4.47. The average Bonchev–Trinajstić information content (AvgIpc) is 2.85. The van der Waals surface area contributed by atoms with Gasteiger partial charge in [0.05, 0.1) is 29.9 Å². The molecule has 0 spiro atoms. The van der Waals surface area contributed by atoms with Crippen LogP contribution < -0.4 is 16.0 Å². The Labute approximate surface area is 204 Å². The molecule has 1 aromatic heterocycles. The summed E-state index contributed by atoms with van der Waals surface area (Å²) in [6.07, 6.45) is 6.42. The van der Waals surface area contributed by atoms with Crippen molar-refractivity contribution in [1.29, 1.82) is 0 Å². The summed E-state index contributed by atoms with van der Waals surface area (Å²) in [5.74, 6) is -0.0591. The molecule has 0 bridgehead atoms. The van der Waals surface area contributed by atoms with E-state index in [0.29, 0.717) is 37.4 Å². The summed E-state index contributed by atoms with van der Waals surface area (Å²) in [7, 11) is 0. The zero-order valence-corrected chi connectivity index (χ0v) is 20.1. The number of hydrogen-bond acceptors (Lipinski definition) is 6. The lowest BCUT2D eigenvalue weighted by Crippen LogP contribution is -2.46. The van der Waals surface area contributed by atoms with E-state index >= 15 is 0 Å². The van der Waals surface area contributed by atoms with Crippen molar-refractivity contribution >= 4 is 23.6 Å². The van der Waals surface area contributed by atoms with Crippen molar-refractivity contribution in [2.75, 3.05) is 25.0 Å². The molecule has 2 aliphatic heterocycles. The molecule has 3 heterocycles. The van der Waals surface area contributed by atoms with Crippen LogP contribution in [0.1, 0.15) is 55.5 Å². The van der Waals surface area contributed by atoms with E-state index in [4.69, 9.17) is 11.6 Å². The number of aliphatic hydroxyl groups is 1. The number of halogens is 2. The molecule has 8 nitrogen and oxygen atoms in total. The molecule has 0 saturated carbocycles. The van der Waals surface area contributed by atoms with Crippen molar-refractivity contribution < 1.29 is 14.3 Å². The number of nitrogens with zero attached hydrogens (tertiary/aromatic N) is 3. The van der Waals surface area contributed by atoms with E-state index in [9.17, 15) is 14.3 Å². The van der Waals surface area contributed by atoms with Gasteiger partial charge in [-0.05, 0) is 62.4 Å². The Hall–Kier alpha value is -2.49. The van der Waals surface area contributed by atoms with Crippen LogP contribution in [0.25, 0.3) is 0 Å². The first-order valence-electron chi connectivity index (χ1n) is 11.9. The summed E-state index contributed by atoms with van der Waals surface area (Å²) in [6.45, 7) is 3.66. The average molecular weight is 491 g/mol. The number of amides is 2. The minimum Gasteiger partial charge on any atom is -0.394 e. The number of carbonyl (C=O) groups is 1. The predicted molar refractivity (Wildman–Crippen MR) is 129 cm³/mol.